The molecule has 0 aliphatic rings. The van der Waals surface area contributed by atoms with Gasteiger partial charge in [0.25, 0.3) is 5.91 Å². The third kappa shape index (κ3) is 3.98. The van der Waals surface area contributed by atoms with E-state index in [2.05, 4.69) is 10.4 Å². The standard InChI is InChI=1S/C15H19ClN4O/c1-10-8-11(2)20(19-10)7-3-6-18-15(21)12-4-5-14(17)13(16)9-12/h4-5,8-9H,3,6-7,17H2,1-2H3,(H,18,21). The molecule has 21 heavy (non-hydrogen) atoms. The second-order valence-electron chi connectivity index (χ2n) is 5.00. The molecule has 0 unspecified atom stereocenters. The Labute approximate surface area is 129 Å². The molecule has 0 radical (unpaired) electrons. The number of hydrogen-bond acceptors (Lipinski definition) is 3. The van der Waals surface area contributed by atoms with E-state index < -0.39 is 0 Å². The maximum absolute atomic E-state index is 12.0. The Bertz CT molecular complexity index is 651. The quantitative estimate of drug-likeness (QED) is 0.658. The second kappa shape index (κ2) is 6.63. The number of benzene rings is 1. The number of aryl methyl sites for hydroxylation is 3. The smallest absolute Gasteiger partial charge is 0.251 e. The van der Waals surface area contributed by atoms with E-state index in [1.807, 2.05) is 24.6 Å². The number of carbonyl (C=O) groups excluding carboxylic acids is 1. The predicted octanol–water partition coefficient (Wildman–Crippen LogP) is 2.56. The van der Waals surface area contributed by atoms with Gasteiger partial charge in [0.2, 0.25) is 0 Å². The van der Waals surface area contributed by atoms with Crippen LogP contribution in [0.5, 0.6) is 0 Å². The summed E-state index contributed by atoms with van der Waals surface area (Å²) >= 11 is 5.90. The van der Waals surface area contributed by atoms with Crippen LogP contribution in [0.2, 0.25) is 5.02 Å². The van der Waals surface area contributed by atoms with Crippen LogP contribution >= 0.6 is 11.6 Å². The average Bonchev–Trinajstić information content (AvgIpc) is 2.76. The summed E-state index contributed by atoms with van der Waals surface area (Å²) in [7, 11) is 0. The Balaban J connectivity index is 1.81. The van der Waals surface area contributed by atoms with Crippen LogP contribution in [-0.4, -0.2) is 22.2 Å². The van der Waals surface area contributed by atoms with Crippen LogP contribution in [0.1, 0.15) is 28.2 Å². The van der Waals surface area contributed by atoms with Gasteiger partial charge in [-0.25, -0.2) is 0 Å². The normalized spacial score (nSPS) is 10.6. The summed E-state index contributed by atoms with van der Waals surface area (Å²) in [5, 5.41) is 7.64. The first-order chi connectivity index (χ1) is 9.97. The lowest BCUT2D eigenvalue weighted by Gasteiger charge is -2.07. The Morgan fingerprint density at radius 3 is 2.76 bits per heavy atom. The Kier molecular flexibility index (Phi) is 4.85. The van der Waals surface area contributed by atoms with Gasteiger partial charge in [0.05, 0.1) is 16.4 Å². The highest BCUT2D eigenvalue weighted by atomic mass is 35.5. The lowest BCUT2D eigenvalue weighted by Crippen LogP contribution is -2.25. The number of amides is 1. The molecule has 1 amide bonds. The summed E-state index contributed by atoms with van der Waals surface area (Å²) in [6.45, 7) is 5.35. The van der Waals surface area contributed by atoms with Gasteiger partial charge in [-0.15, -0.1) is 0 Å². The van der Waals surface area contributed by atoms with Crippen LogP contribution in [0.4, 0.5) is 5.69 Å². The number of carbonyl (C=O) groups is 1. The number of halogens is 1. The molecule has 0 spiro atoms. The number of nitrogens with zero attached hydrogens (tertiary/aromatic N) is 2. The molecule has 1 aromatic heterocycles. The molecule has 0 saturated carbocycles. The second-order valence-corrected chi connectivity index (χ2v) is 5.40. The molecule has 2 aromatic rings. The fourth-order valence-electron chi connectivity index (χ4n) is 2.10. The van der Waals surface area contributed by atoms with Crippen molar-refractivity contribution in [3.63, 3.8) is 0 Å². The van der Waals surface area contributed by atoms with Gasteiger partial charge in [0, 0.05) is 24.3 Å². The minimum atomic E-state index is -0.148. The van der Waals surface area contributed by atoms with E-state index in [9.17, 15) is 4.79 Å². The van der Waals surface area contributed by atoms with Crippen molar-refractivity contribution in [2.75, 3.05) is 12.3 Å². The summed E-state index contributed by atoms with van der Waals surface area (Å²) in [5.74, 6) is -0.148. The van der Waals surface area contributed by atoms with Gasteiger partial charge >= 0.3 is 0 Å². The van der Waals surface area contributed by atoms with Gasteiger partial charge in [-0.2, -0.15) is 5.10 Å². The zero-order valence-corrected chi connectivity index (χ0v) is 12.9. The SMILES string of the molecule is Cc1cc(C)n(CCCNC(=O)c2ccc(N)c(Cl)c2)n1. The number of rotatable bonds is 5. The summed E-state index contributed by atoms with van der Waals surface area (Å²) in [5.41, 5.74) is 8.74. The van der Waals surface area contributed by atoms with Crippen molar-refractivity contribution in [3.05, 3.63) is 46.2 Å². The molecule has 0 aliphatic heterocycles. The average molecular weight is 307 g/mol. The molecule has 0 saturated heterocycles. The lowest BCUT2D eigenvalue weighted by molar-refractivity contribution is 0.0952. The van der Waals surface area contributed by atoms with E-state index in [1.54, 1.807) is 18.2 Å². The summed E-state index contributed by atoms with van der Waals surface area (Å²) in [4.78, 5) is 12.0. The minimum absolute atomic E-state index is 0.148. The third-order valence-corrected chi connectivity index (χ3v) is 3.53. The summed E-state index contributed by atoms with van der Waals surface area (Å²) < 4.78 is 1.95. The van der Waals surface area contributed by atoms with Gasteiger partial charge in [-0.05, 0) is 44.5 Å². The minimum Gasteiger partial charge on any atom is -0.398 e. The van der Waals surface area contributed by atoms with Crippen LogP contribution in [0.15, 0.2) is 24.3 Å². The van der Waals surface area contributed by atoms with E-state index in [4.69, 9.17) is 17.3 Å². The zero-order chi connectivity index (χ0) is 15.4. The maximum Gasteiger partial charge on any atom is 0.251 e. The molecular formula is C15H19ClN4O. The van der Waals surface area contributed by atoms with Gasteiger partial charge in [0.1, 0.15) is 0 Å². The molecule has 3 N–H and O–H groups in total. The molecule has 6 heteroatoms. The molecule has 2 rings (SSSR count). The van der Waals surface area contributed by atoms with Crippen molar-refractivity contribution in [1.82, 2.24) is 15.1 Å². The number of hydrogen-bond donors (Lipinski definition) is 2. The van der Waals surface area contributed by atoms with Crippen molar-refractivity contribution in [3.8, 4) is 0 Å². The largest absolute Gasteiger partial charge is 0.398 e. The topological polar surface area (TPSA) is 72.9 Å². The van der Waals surface area contributed by atoms with Gasteiger partial charge in [-0.3, -0.25) is 9.48 Å². The van der Waals surface area contributed by atoms with Crippen molar-refractivity contribution in [2.24, 2.45) is 0 Å². The van der Waals surface area contributed by atoms with E-state index in [1.165, 1.54) is 0 Å². The first kappa shape index (κ1) is 15.4. The van der Waals surface area contributed by atoms with E-state index in [-0.39, 0.29) is 5.91 Å². The number of nitrogens with one attached hydrogen (secondary N) is 1. The first-order valence-electron chi connectivity index (χ1n) is 6.81. The molecule has 5 nitrogen and oxygen atoms in total. The van der Waals surface area contributed by atoms with Crippen molar-refractivity contribution >= 4 is 23.2 Å². The molecule has 0 aliphatic carbocycles. The van der Waals surface area contributed by atoms with Gasteiger partial charge in [0.15, 0.2) is 0 Å². The maximum atomic E-state index is 12.0. The molecule has 112 valence electrons. The molecule has 0 bridgehead atoms. The first-order valence-corrected chi connectivity index (χ1v) is 7.19. The molecule has 1 heterocycles. The number of aromatic nitrogens is 2. The zero-order valence-electron chi connectivity index (χ0n) is 12.2. The van der Waals surface area contributed by atoms with E-state index >= 15 is 0 Å². The molecular weight excluding hydrogens is 288 g/mol. The van der Waals surface area contributed by atoms with Crippen molar-refractivity contribution in [1.29, 1.82) is 0 Å². The van der Waals surface area contributed by atoms with E-state index in [0.717, 1.165) is 24.4 Å². The Morgan fingerprint density at radius 1 is 1.38 bits per heavy atom. The van der Waals surface area contributed by atoms with Crippen molar-refractivity contribution in [2.45, 2.75) is 26.8 Å². The predicted molar refractivity (Wildman–Crippen MR) is 84.5 cm³/mol. The van der Waals surface area contributed by atoms with Crippen LogP contribution in [0, 0.1) is 13.8 Å². The van der Waals surface area contributed by atoms with Gasteiger partial charge < -0.3 is 11.1 Å². The van der Waals surface area contributed by atoms with E-state index in [0.29, 0.717) is 22.8 Å². The molecule has 0 fully saturated rings. The van der Waals surface area contributed by atoms with Crippen LogP contribution in [0.3, 0.4) is 0 Å². The Morgan fingerprint density at radius 2 is 2.14 bits per heavy atom. The molecule has 0 atom stereocenters. The lowest BCUT2D eigenvalue weighted by atomic mass is 10.2. The highest BCUT2D eigenvalue weighted by Crippen LogP contribution is 2.19. The van der Waals surface area contributed by atoms with Crippen LogP contribution in [-0.2, 0) is 6.54 Å². The highest BCUT2D eigenvalue weighted by Gasteiger charge is 2.07. The van der Waals surface area contributed by atoms with Crippen LogP contribution < -0.4 is 11.1 Å². The molecule has 1 aromatic carbocycles. The number of nitrogen functional groups attached to an aromatic ring is 1. The number of nitrogens with two attached hydrogens (primary N) is 1. The third-order valence-electron chi connectivity index (χ3n) is 3.20. The fourth-order valence-corrected chi connectivity index (χ4v) is 2.28. The van der Waals surface area contributed by atoms with Crippen molar-refractivity contribution < 1.29 is 4.79 Å². The fraction of sp³-hybridized carbons (Fsp3) is 0.333. The number of anilines is 1. The van der Waals surface area contributed by atoms with Gasteiger partial charge in [-0.1, -0.05) is 11.6 Å². The summed E-state index contributed by atoms with van der Waals surface area (Å²) in [6, 6.07) is 6.91. The monoisotopic (exact) mass is 306 g/mol. The highest BCUT2D eigenvalue weighted by molar-refractivity contribution is 6.33. The summed E-state index contributed by atoms with van der Waals surface area (Å²) in [6.07, 6.45) is 0.816. The Hall–Kier alpha value is -2.01. The van der Waals surface area contributed by atoms with Crippen LogP contribution in [0.25, 0.3) is 0 Å².